The third-order valence-corrected chi connectivity index (χ3v) is 6.65. The molecule has 3 aromatic carbocycles. The standard InChI is InChI=1S/C29H34N2O4/c32-25(20-33-21-26-22-34-27-13-7-8-14-28(27)35-26)19-30-15-17-31(18-16-30)29(23-9-3-1-4-10-23)24-11-5-2-6-12-24/h1-14,25-26,29,32H,15-22H2/t25-,26+/m1/s1. The van der Waals surface area contributed by atoms with Crippen molar-refractivity contribution in [1.29, 1.82) is 0 Å². The van der Waals surface area contributed by atoms with Crippen LogP contribution >= 0.6 is 0 Å². The number of hydrogen-bond donors (Lipinski definition) is 1. The van der Waals surface area contributed by atoms with E-state index in [-0.39, 0.29) is 12.1 Å². The number of hydrogen-bond acceptors (Lipinski definition) is 6. The summed E-state index contributed by atoms with van der Waals surface area (Å²) >= 11 is 0. The van der Waals surface area contributed by atoms with Gasteiger partial charge >= 0.3 is 0 Å². The van der Waals surface area contributed by atoms with Crippen LogP contribution < -0.4 is 9.47 Å². The largest absolute Gasteiger partial charge is 0.486 e. The number of fused-ring (bicyclic) bond motifs is 1. The van der Waals surface area contributed by atoms with E-state index in [9.17, 15) is 5.11 Å². The zero-order valence-electron chi connectivity index (χ0n) is 20.0. The highest BCUT2D eigenvalue weighted by Gasteiger charge is 2.27. The van der Waals surface area contributed by atoms with Gasteiger partial charge in [-0.1, -0.05) is 72.8 Å². The lowest BCUT2D eigenvalue weighted by atomic mass is 9.96. The minimum Gasteiger partial charge on any atom is -0.486 e. The van der Waals surface area contributed by atoms with Crippen LogP contribution in [0.2, 0.25) is 0 Å². The first-order valence-electron chi connectivity index (χ1n) is 12.5. The molecule has 3 aromatic rings. The molecule has 0 amide bonds. The molecule has 2 heterocycles. The Hall–Kier alpha value is -2.90. The van der Waals surface area contributed by atoms with Crippen LogP contribution in [0.5, 0.6) is 11.5 Å². The highest BCUT2D eigenvalue weighted by Crippen LogP contribution is 2.31. The van der Waals surface area contributed by atoms with E-state index in [0.29, 0.717) is 26.4 Å². The average Bonchev–Trinajstić information content (AvgIpc) is 2.91. The molecule has 1 saturated heterocycles. The quantitative estimate of drug-likeness (QED) is 0.511. The summed E-state index contributed by atoms with van der Waals surface area (Å²) in [4.78, 5) is 4.87. The molecule has 0 unspecified atom stereocenters. The second-order valence-corrected chi connectivity index (χ2v) is 9.25. The van der Waals surface area contributed by atoms with E-state index in [2.05, 4.69) is 70.5 Å². The van der Waals surface area contributed by atoms with Crippen molar-refractivity contribution < 1.29 is 19.3 Å². The molecular weight excluding hydrogens is 440 g/mol. The molecule has 1 N–H and O–H groups in total. The molecule has 0 saturated carbocycles. The van der Waals surface area contributed by atoms with Gasteiger partial charge in [-0.3, -0.25) is 9.80 Å². The van der Waals surface area contributed by atoms with Crippen LogP contribution in [0.15, 0.2) is 84.9 Å². The van der Waals surface area contributed by atoms with Gasteiger partial charge in [-0.15, -0.1) is 0 Å². The average molecular weight is 475 g/mol. The van der Waals surface area contributed by atoms with E-state index in [1.807, 2.05) is 24.3 Å². The van der Waals surface area contributed by atoms with Crippen LogP contribution in [0.1, 0.15) is 17.2 Å². The summed E-state index contributed by atoms with van der Waals surface area (Å²) in [6, 6.07) is 29.3. The molecule has 1 fully saturated rings. The fourth-order valence-electron chi connectivity index (χ4n) is 4.92. The van der Waals surface area contributed by atoms with Crippen molar-refractivity contribution in [3.05, 3.63) is 96.1 Å². The molecule has 35 heavy (non-hydrogen) atoms. The maximum absolute atomic E-state index is 10.6. The highest BCUT2D eigenvalue weighted by molar-refractivity contribution is 5.40. The molecule has 184 valence electrons. The number of nitrogens with zero attached hydrogens (tertiary/aromatic N) is 2. The zero-order chi connectivity index (χ0) is 23.9. The molecule has 0 aliphatic carbocycles. The maximum atomic E-state index is 10.6. The SMILES string of the molecule is O[C@@H](COC[C@H]1COc2ccccc2O1)CN1CCN(C(c2ccccc2)c2ccccc2)CC1. The van der Waals surface area contributed by atoms with Crippen molar-refractivity contribution in [3.63, 3.8) is 0 Å². The maximum Gasteiger partial charge on any atom is 0.161 e. The summed E-state index contributed by atoms with van der Waals surface area (Å²) in [7, 11) is 0. The number of piperazine rings is 1. The lowest BCUT2D eigenvalue weighted by Gasteiger charge is -2.40. The number of β-amino-alcohol motifs (C(OH)–C–C–N with tert-alkyl or cyclic N) is 1. The molecule has 5 rings (SSSR count). The first kappa shape index (κ1) is 23.8. The van der Waals surface area contributed by atoms with Gasteiger partial charge in [0.05, 0.1) is 25.4 Å². The number of ether oxygens (including phenoxy) is 3. The van der Waals surface area contributed by atoms with Crippen molar-refractivity contribution in [3.8, 4) is 11.5 Å². The summed E-state index contributed by atoms with van der Waals surface area (Å²) in [6.45, 7) is 5.50. The van der Waals surface area contributed by atoms with Gasteiger partial charge in [0.1, 0.15) is 6.61 Å². The molecule has 6 nitrogen and oxygen atoms in total. The van der Waals surface area contributed by atoms with Gasteiger partial charge in [0, 0.05) is 32.7 Å². The second-order valence-electron chi connectivity index (χ2n) is 9.25. The minimum absolute atomic E-state index is 0.159. The molecule has 2 atom stereocenters. The number of rotatable bonds is 9. The van der Waals surface area contributed by atoms with Gasteiger partial charge in [-0.2, -0.15) is 0 Å². The molecule has 0 radical (unpaired) electrons. The Morgan fingerprint density at radius 2 is 1.40 bits per heavy atom. The van der Waals surface area contributed by atoms with Gasteiger partial charge in [0.25, 0.3) is 0 Å². The van der Waals surface area contributed by atoms with Crippen LogP contribution in [0.25, 0.3) is 0 Å². The molecule has 0 aromatic heterocycles. The van der Waals surface area contributed by atoms with Crippen LogP contribution in [0, 0.1) is 0 Å². The molecular formula is C29H34N2O4. The zero-order valence-corrected chi connectivity index (χ0v) is 20.0. The third kappa shape index (κ3) is 6.21. The summed E-state index contributed by atoms with van der Waals surface area (Å²) in [5, 5.41) is 10.6. The molecule has 6 heteroatoms. The van der Waals surface area contributed by atoms with Crippen LogP contribution in [0.3, 0.4) is 0 Å². The molecule has 0 bridgehead atoms. The van der Waals surface area contributed by atoms with E-state index in [4.69, 9.17) is 14.2 Å². The van der Waals surface area contributed by atoms with Crippen LogP contribution in [-0.4, -0.2) is 79.7 Å². The Balaban J connectivity index is 1.08. The summed E-state index contributed by atoms with van der Waals surface area (Å²) in [6.07, 6.45) is -0.689. The summed E-state index contributed by atoms with van der Waals surface area (Å²) in [5.41, 5.74) is 2.63. The van der Waals surface area contributed by atoms with E-state index >= 15 is 0 Å². The topological polar surface area (TPSA) is 54.4 Å². The predicted octanol–water partition coefficient (Wildman–Crippen LogP) is 3.61. The molecule has 0 spiro atoms. The molecule has 2 aliphatic rings. The van der Waals surface area contributed by atoms with Crippen molar-refractivity contribution in [1.82, 2.24) is 9.80 Å². The van der Waals surface area contributed by atoms with Crippen LogP contribution in [-0.2, 0) is 4.74 Å². The number of para-hydroxylation sites is 2. The van der Waals surface area contributed by atoms with Gasteiger partial charge < -0.3 is 19.3 Å². The lowest BCUT2D eigenvalue weighted by Crippen LogP contribution is -2.50. The Bertz CT molecular complexity index is 1000. The van der Waals surface area contributed by atoms with Gasteiger partial charge in [-0.25, -0.2) is 0 Å². The Morgan fingerprint density at radius 3 is 2.06 bits per heavy atom. The minimum atomic E-state index is -0.530. The monoisotopic (exact) mass is 474 g/mol. The first-order valence-corrected chi connectivity index (χ1v) is 12.5. The van der Waals surface area contributed by atoms with E-state index in [1.54, 1.807) is 0 Å². The normalized spacial score (nSPS) is 19.5. The fraction of sp³-hybridized carbons (Fsp3) is 0.379. The Morgan fingerprint density at radius 1 is 0.800 bits per heavy atom. The van der Waals surface area contributed by atoms with Crippen molar-refractivity contribution in [2.75, 3.05) is 52.5 Å². The van der Waals surface area contributed by atoms with Crippen molar-refractivity contribution >= 4 is 0 Å². The Kier molecular flexibility index (Phi) is 7.96. The third-order valence-electron chi connectivity index (χ3n) is 6.65. The Labute approximate surface area is 207 Å². The van der Waals surface area contributed by atoms with E-state index in [1.165, 1.54) is 11.1 Å². The summed E-state index contributed by atoms with van der Waals surface area (Å²) < 4.78 is 17.4. The number of aliphatic hydroxyl groups is 1. The first-order chi connectivity index (χ1) is 17.3. The van der Waals surface area contributed by atoms with Crippen molar-refractivity contribution in [2.24, 2.45) is 0 Å². The van der Waals surface area contributed by atoms with E-state index in [0.717, 1.165) is 37.7 Å². The number of aliphatic hydroxyl groups excluding tert-OH is 1. The van der Waals surface area contributed by atoms with Crippen molar-refractivity contribution in [2.45, 2.75) is 18.2 Å². The summed E-state index contributed by atoms with van der Waals surface area (Å²) in [5.74, 6) is 1.51. The lowest BCUT2D eigenvalue weighted by molar-refractivity contribution is -0.0327. The predicted molar refractivity (Wildman–Crippen MR) is 136 cm³/mol. The van der Waals surface area contributed by atoms with E-state index < -0.39 is 6.10 Å². The van der Waals surface area contributed by atoms with Gasteiger partial charge in [0.2, 0.25) is 0 Å². The number of benzene rings is 3. The van der Waals surface area contributed by atoms with Crippen LogP contribution in [0.4, 0.5) is 0 Å². The van der Waals surface area contributed by atoms with Gasteiger partial charge in [-0.05, 0) is 23.3 Å². The smallest absolute Gasteiger partial charge is 0.161 e. The molecule has 2 aliphatic heterocycles. The fourth-order valence-corrected chi connectivity index (χ4v) is 4.92. The highest BCUT2D eigenvalue weighted by atomic mass is 16.6. The van der Waals surface area contributed by atoms with Gasteiger partial charge in [0.15, 0.2) is 17.6 Å². The second kappa shape index (κ2) is 11.7.